The van der Waals surface area contributed by atoms with E-state index in [0.29, 0.717) is 0 Å². The molecular weight excluding hydrogens is 138 g/mol. The molecule has 0 aliphatic heterocycles. The predicted octanol–water partition coefficient (Wildman–Crippen LogP) is -0.180. The minimum atomic E-state index is 0.743. The van der Waals surface area contributed by atoms with Gasteiger partial charge in [0.15, 0.2) is 0 Å². The van der Waals surface area contributed by atoms with E-state index in [2.05, 4.69) is 18.4 Å². The first kappa shape index (κ1) is 10.9. The second kappa shape index (κ2) is 7.98. The molecule has 0 spiro atoms. The molecule has 0 saturated heterocycles. The predicted molar refractivity (Wildman–Crippen MR) is 49.1 cm³/mol. The summed E-state index contributed by atoms with van der Waals surface area (Å²) in [6.07, 6.45) is 4.37. The van der Waals surface area contributed by atoms with Gasteiger partial charge in [0.2, 0.25) is 0 Å². The molecule has 0 heterocycles. The van der Waals surface area contributed by atoms with Crippen molar-refractivity contribution in [3.8, 4) is 0 Å². The summed E-state index contributed by atoms with van der Waals surface area (Å²) >= 11 is 0. The Labute approximate surface area is 69.7 Å². The largest absolute Gasteiger partial charge is 0.330 e. The van der Waals surface area contributed by atoms with Crippen molar-refractivity contribution in [3.05, 3.63) is 6.42 Å². The van der Waals surface area contributed by atoms with E-state index in [4.69, 9.17) is 11.5 Å². The van der Waals surface area contributed by atoms with E-state index in [1.54, 1.807) is 0 Å². The van der Waals surface area contributed by atoms with E-state index in [1.165, 1.54) is 0 Å². The highest BCUT2D eigenvalue weighted by Crippen LogP contribution is 1.93. The highest BCUT2D eigenvalue weighted by atomic mass is 15.1. The van der Waals surface area contributed by atoms with Gasteiger partial charge >= 0.3 is 0 Å². The van der Waals surface area contributed by atoms with Crippen LogP contribution in [0.4, 0.5) is 0 Å². The van der Waals surface area contributed by atoms with Gasteiger partial charge in [-0.25, -0.2) is 0 Å². The lowest BCUT2D eigenvalue weighted by Crippen LogP contribution is -2.26. The molecule has 0 saturated carbocycles. The van der Waals surface area contributed by atoms with Crippen LogP contribution in [0.5, 0.6) is 0 Å². The normalized spacial score (nSPS) is 10.9. The van der Waals surface area contributed by atoms with Crippen LogP contribution in [0.2, 0.25) is 0 Å². The molecule has 67 valence electrons. The van der Waals surface area contributed by atoms with Crippen LogP contribution in [0, 0.1) is 6.42 Å². The number of hydrogen-bond acceptors (Lipinski definition) is 3. The standard InChI is InChI=1S/C8H20N3/c1-11(8-6-10)7-4-2-3-5-9/h2H,3-10H2,1H3. The van der Waals surface area contributed by atoms with Crippen LogP contribution in [-0.4, -0.2) is 38.1 Å². The summed E-state index contributed by atoms with van der Waals surface area (Å²) in [5.41, 5.74) is 10.7. The van der Waals surface area contributed by atoms with Crippen molar-refractivity contribution >= 4 is 0 Å². The van der Waals surface area contributed by atoms with Gasteiger partial charge in [0.1, 0.15) is 0 Å². The molecule has 0 aromatic heterocycles. The number of unbranched alkanes of at least 4 members (excludes halogenated alkanes) is 2. The van der Waals surface area contributed by atoms with Crippen molar-refractivity contribution < 1.29 is 0 Å². The second-order valence-electron chi connectivity index (χ2n) is 2.75. The third-order valence-corrected chi connectivity index (χ3v) is 1.60. The Bertz CT molecular complexity index is 75.7. The molecule has 1 radical (unpaired) electrons. The Kier molecular flexibility index (Phi) is 7.89. The Hall–Kier alpha value is -0.120. The fraction of sp³-hybridized carbons (Fsp3) is 0.875. The number of rotatable bonds is 7. The molecule has 0 aliphatic carbocycles. The third-order valence-electron chi connectivity index (χ3n) is 1.60. The van der Waals surface area contributed by atoms with Crippen molar-refractivity contribution in [1.29, 1.82) is 0 Å². The highest BCUT2D eigenvalue weighted by molar-refractivity contribution is 4.66. The van der Waals surface area contributed by atoms with Gasteiger partial charge in [0.25, 0.3) is 0 Å². The van der Waals surface area contributed by atoms with Gasteiger partial charge in [-0.2, -0.15) is 0 Å². The average molecular weight is 158 g/mol. The Balaban J connectivity index is 2.97. The van der Waals surface area contributed by atoms with Gasteiger partial charge in [-0.15, -0.1) is 0 Å². The Morgan fingerprint density at radius 1 is 1.09 bits per heavy atom. The summed E-state index contributed by atoms with van der Waals surface area (Å²) in [5.74, 6) is 0. The van der Waals surface area contributed by atoms with E-state index in [1.807, 2.05) is 0 Å². The Morgan fingerprint density at radius 3 is 2.36 bits per heavy atom. The maximum atomic E-state index is 5.39. The summed E-state index contributed by atoms with van der Waals surface area (Å²) in [7, 11) is 2.09. The first-order valence-electron chi connectivity index (χ1n) is 4.21. The quantitative estimate of drug-likeness (QED) is 0.505. The number of nitrogens with two attached hydrogens (primary N) is 2. The number of nitrogens with zero attached hydrogens (tertiary/aromatic N) is 1. The first-order chi connectivity index (χ1) is 5.31. The monoisotopic (exact) mass is 158 g/mol. The Morgan fingerprint density at radius 2 is 1.82 bits per heavy atom. The van der Waals surface area contributed by atoms with Crippen LogP contribution >= 0.6 is 0 Å². The molecule has 3 nitrogen and oxygen atoms in total. The lowest BCUT2D eigenvalue weighted by molar-refractivity contribution is 0.345. The lowest BCUT2D eigenvalue weighted by atomic mass is 10.2. The lowest BCUT2D eigenvalue weighted by Gasteiger charge is -2.14. The van der Waals surface area contributed by atoms with Gasteiger partial charge < -0.3 is 16.4 Å². The van der Waals surface area contributed by atoms with Gasteiger partial charge in [0.05, 0.1) is 0 Å². The van der Waals surface area contributed by atoms with Crippen LogP contribution in [0.25, 0.3) is 0 Å². The molecule has 0 atom stereocenters. The zero-order valence-electron chi connectivity index (χ0n) is 7.42. The molecule has 0 unspecified atom stereocenters. The molecule has 0 aromatic carbocycles. The summed E-state index contributed by atoms with van der Waals surface area (Å²) < 4.78 is 0. The fourth-order valence-electron chi connectivity index (χ4n) is 0.906. The van der Waals surface area contributed by atoms with Crippen LogP contribution < -0.4 is 11.5 Å². The smallest absolute Gasteiger partial charge is 0.0102 e. The molecule has 0 amide bonds. The highest BCUT2D eigenvalue weighted by Gasteiger charge is 1.94. The van der Waals surface area contributed by atoms with E-state index >= 15 is 0 Å². The summed E-state index contributed by atoms with van der Waals surface area (Å²) in [6, 6.07) is 0. The maximum Gasteiger partial charge on any atom is 0.0102 e. The van der Waals surface area contributed by atoms with Gasteiger partial charge in [-0.3, -0.25) is 0 Å². The van der Waals surface area contributed by atoms with Gasteiger partial charge in [0, 0.05) is 13.1 Å². The third kappa shape index (κ3) is 7.78. The van der Waals surface area contributed by atoms with E-state index in [-0.39, 0.29) is 0 Å². The van der Waals surface area contributed by atoms with E-state index < -0.39 is 0 Å². The van der Waals surface area contributed by atoms with Crippen molar-refractivity contribution in [2.75, 3.05) is 33.2 Å². The average Bonchev–Trinajstić information content (AvgIpc) is 1.99. The van der Waals surface area contributed by atoms with Crippen molar-refractivity contribution in [2.24, 2.45) is 11.5 Å². The minimum absolute atomic E-state index is 0.743. The van der Waals surface area contributed by atoms with Gasteiger partial charge in [-0.1, -0.05) is 0 Å². The van der Waals surface area contributed by atoms with Crippen LogP contribution in [0.3, 0.4) is 0 Å². The molecule has 4 N–H and O–H groups in total. The second-order valence-corrected chi connectivity index (χ2v) is 2.75. The molecule has 11 heavy (non-hydrogen) atoms. The zero-order chi connectivity index (χ0) is 8.53. The molecule has 0 fully saturated rings. The van der Waals surface area contributed by atoms with Crippen LogP contribution in [-0.2, 0) is 0 Å². The van der Waals surface area contributed by atoms with E-state index in [9.17, 15) is 0 Å². The van der Waals surface area contributed by atoms with Crippen LogP contribution in [0.15, 0.2) is 0 Å². The SMILES string of the molecule is CN(CCN)CC[CH]CCN. The molecule has 0 aliphatic rings. The minimum Gasteiger partial charge on any atom is -0.330 e. The van der Waals surface area contributed by atoms with Crippen molar-refractivity contribution in [3.63, 3.8) is 0 Å². The molecule has 0 aromatic rings. The van der Waals surface area contributed by atoms with Crippen molar-refractivity contribution in [1.82, 2.24) is 4.90 Å². The fourth-order valence-corrected chi connectivity index (χ4v) is 0.906. The summed E-state index contributed by atoms with van der Waals surface area (Å²) in [5, 5.41) is 0. The van der Waals surface area contributed by atoms with Crippen LogP contribution in [0.1, 0.15) is 12.8 Å². The number of hydrogen-bond donors (Lipinski definition) is 2. The number of likely N-dealkylation sites (N-methyl/N-ethyl adjacent to an activating group) is 1. The van der Waals surface area contributed by atoms with E-state index in [0.717, 1.165) is 39.0 Å². The molecule has 0 bridgehead atoms. The molecule has 0 rings (SSSR count). The molecular formula is C8H20N3. The topological polar surface area (TPSA) is 55.3 Å². The maximum absolute atomic E-state index is 5.39. The zero-order valence-corrected chi connectivity index (χ0v) is 7.42. The summed E-state index contributed by atoms with van der Waals surface area (Å²) in [6.45, 7) is 3.58. The van der Waals surface area contributed by atoms with Crippen molar-refractivity contribution in [2.45, 2.75) is 12.8 Å². The summed E-state index contributed by atoms with van der Waals surface area (Å²) in [4.78, 5) is 2.23. The van der Waals surface area contributed by atoms with Gasteiger partial charge in [-0.05, 0) is 39.4 Å². The first-order valence-corrected chi connectivity index (χ1v) is 4.21. The molecule has 3 heteroatoms.